The molecule has 1 aliphatic heterocycles. The molecule has 1 fully saturated rings. The maximum atomic E-state index is 12.3. The molecule has 0 spiro atoms. The zero-order valence-corrected chi connectivity index (χ0v) is 16.2. The van der Waals surface area contributed by atoms with Crippen LogP contribution in [0.4, 0.5) is 5.95 Å². The zero-order valence-electron chi connectivity index (χ0n) is 15.3. The second-order valence-electron chi connectivity index (χ2n) is 6.17. The number of anilines is 1. The normalized spacial score (nSPS) is 15.9. The average Bonchev–Trinajstić information content (AvgIpc) is 2.67. The van der Waals surface area contributed by atoms with Gasteiger partial charge in [-0.25, -0.2) is 14.9 Å². The van der Waals surface area contributed by atoms with Crippen LogP contribution >= 0.6 is 0 Å². The first-order valence-corrected chi connectivity index (χ1v) is 9.71. The van der Waals surface area contributed by atoms with Crippen molar-refractivity contribution in [2.24, 2.45) is 0 Å². The number of piperazine rings is 1. The lowest BCUT2D eigenvalue weighted by Gasteiger charge is -2.32. The highest BCUT2D eigenvalue weighted by Gasteiger charge is 2.39. The Labute approximate surface area is 162 Å². The lowest BCUT2D eigenvalue weighted by Crippen LogP contribution is -2.58. The molecule has 3 rings (SSSR count). The molecule has 1 aromatic heterocycles. The molecule has 2 heterocycles. The first kappa shape index (κ1) is 19.9. The molecule has 1 aromatic carbocycles. The summed E-state index contributed by atoms with van der Waals surface area (Å²) in [6.07, 6.45) is 2.71. The van der Waals surface area contributed by atoms with E-state index in [0.717, 1.165) is 19.1 Å². The van der Waals surface area contributed by atoms with Crippen molar-refractivity contribution >= 4 is 28.0 Å². The first-order chi connectivity index (χ1) is 13.3. The number of rotatable bonds is 6. The number of amides is 2. The minimum absolute atomic E-state index is 0.121. The summed E-state index contributed by atoms with van der Waals surface area (Å²) in [5.74, 6) is -1.19. The summed E-state index contributed by atoms with van der Waals surface area (Å²) < 4.78 is 31.6. The largest absolute Gasteiger partial charge is 0.486 e. The Morgan fingerprint density at radius 1 is 1.04 bits per heavy atom. The molecule has 0 radical (unpaired) electrons. The topological polar surface area (TPSA) is 113 Å². The lowest BCUT2D eigenvalue weighted by molar-refractivity contribution is -0.130. The number of ether oxygens (including phenoxy) is 1. The van der Waals surface area contributed by atoms with Crippen molar-refractivity contribution in [1.82, 2.24) is 18.6 Å². The molecule has 2 amide bonds. The van der Waals surface area contributed by atoms with Gasteiger partial charge in [-0.05, 0) is 5.56 Å². The third-order valence-electron chi connectivity index (χ3n) is 3.97. The number of carbonyl (C=O) groups is 2. The number of nitrogens with zero attached hydrogens (tertiary/aromatic N) is 5. The van der Waals surface area contributed by atoms with Crippen molar-refractivity contribution in [2.45, 2.75) is 6.61 Å². The lowest BCUT2D eigenvalue weighted by atomic mass is 10.2. The number of hydrogen-bond acceptors (Lipinski definition) is 7. The zero-order chi connectivity index (χ0) is 20.3. The monoisotopic (exact) mass is 405 g/mol. The van der Waals surface area contributed by atoms with E-state index in [-0.39, 0.29) is 5.95 Å². The summed E-state index contributed by atoms with van der Waals surface area (Å²) in [5, 5.41) is 0. The van der Waals surface area contributed by atoms with E-state index in [4.69, 9.17) is 4.74 Å². The smallest absolute Gasteiger partial charge is 0.282 e. The fourth-order valence-corrected chi connectivity index (χ4v) is 3.50. The quantitative estimate of drug-likeness (QED) is 0.624. The fraction of sp³-hybridized carbons (Fsp3) is 0.294. The number of benzene rings is 1. The van der Waals surface area contributed by atoms with Crippen LogP contribution in [0.15, 0.2) is 42.7 Å². The van der Waals surface area contributed by atoms with E-state index in [0.29, 0.717) is 12.4 Å². The molecule has 0 saturated carbocycles. The maximum absolute atomic E-state index is 12.3. The van der Waals surface area contributed by atoms with Crippen LogP contribution in [0.1, 0.15) is 5.56 Å². The number of aromatic nitrogens is 2. The predicted octanol–water partition coefficient (Wildman–Crippen LogP) is 0.0372. The van der Waals surface area contributed by atoms with Crippen LogP contribution in [0, 0.1) is 0 Å². The van der Waals surface area contributed by atoms with Gasteiger partial charge in [0.05, 0.1) is 25.5 Å². The molecule has 11 heteroatoms. The predicted molar refractivity (Wildman–Crippen MR) is 99.5 cm³/mol. The van der Waals surface area contributed by atoms with Gasteiger partial charge in [-0.3, -0.25) is 9.59 Å². The Bertz CT molecular complexity index is 945. The van der Waals surface area contributed by atoms with Crippen molar-refractivity contribution in [3.63, 3.8) is 0 Å². The van der Waals surface area contributed by atoms with Crippen LogP contribution in [-0.2, 0) is 26.4 Å². The minimum Gasteiger partial charge on any atom is -0.486 e. The van der Waals surface area contributed by atoms with E-state index in [2.05, 4.69) is 9.97 Å². The second kappa shape index (κ2) is 8.00. The molecule has 28 heavy (non-hydrogen) atoms. The van der Waals surface area contributed by atoms with Crippen LogP contribution in [0.5, 0.6) is 5.75 Å². The number of hydrogen-bond donors (Lipinski definition) is 0. The SMILES string of the molecule is CN(C)S(=O)(=O)N1CC(=O)N(c2ncc(OCc3ccccc3)cn2)C(=O)C1. The fourth-order valence-electron chi connectivity index (χ4n) is 2.50. The Hall–Kier alpha value is -2.89. The minimum atomic E-state index is -3.87. The molecule has 148 valence electrons. The summed E-state index contributed by atoms with van der Waals surface area (Å²) in [6.45, 7) is -0.619. The van der Waals surface area contributed by atoms with Gasteiger partial charge in [0.15, 0.2) is 5.75 Å². The molecule has 0 N–H and O–H groups in total. The molecule has 0 atom stereocenters. The van der Waals surface area contributed by atoms with Gasteiger partial charge in [0.2, 0.25) is 5.95 Å². The van der Waals surface area contributed by atoms with Crippen LogP contribution < -0.4 is 9.64 Å². The van der Waals surface area contributed by atoms with Gasteiger partial charge in [-0.1, -0.05) is 30.3 Å². The highest BCUT2D eigenvalue weighted by molar-refractivity contribution is 7.86. The maximum Gasteiger partial charge on any atom is 0.282 e. The molecule has 1 aliphatic rings. The van der Waals surface area contributed by atoms with Gasteiger partial charge >= 0.3 is 0 Å². The van der Waals surface area contributed by atoms with E-state index in [1.165, 1.54) is 26.5 Å². The molecular formula is C17H19N5O5S. The van der Waals surface area contributed by atoms with Gasteiger partial charge in [0.1, 0.15) is 6.61 Å². The van der Waals surface area contributed by atoms with Gasteiger partial charge in [0, 0.05) is 14.1 Å². The molecule has 10 nitrogen and oxygen atoms in total. The van der Waals surface area contributed by atoms with Crippen molar-refractivity contribution in [3.05, 3.63) is 48.3 Å². The van der Waals surface area contributed by atoms with Crippen LogP contribution in [0.2, 0.25) is 0 Å². The molecule has 0 aliphatic carbocycles. The molecule has 2 aromatic rings. The number of imide groups is 1. The van der Waals surface area contributed by atoms with Crippen molar-refractivity contribution in [3.8, 4) is 5.75 Å². The van der Waals surface area contributed by atoms with E-state index in [1.807, 2.05) is 30.3 Å². The summed E-state index contributed by atoms with van der Waals surface area (Å²) in [4.78, 5) is 33.5. The summed E-state index contributed by atoms with van der Waals surface area (Å²) in [7, 11) is -1.22. The summed E-state index contributed by atoms with van der Waals surface area (Å²) in [5.41, 5.74) is 0.968. The molecule has 0 unspecified atom stereocenters. The van der Waals surface area contributed by atoms with Gasteiger partial charge < -0.3 is 4.74 Å². The third kappa shape index (κ3) is 4.16. The Kier molecular flexibility index (Phi) is 5.68. The molecule has 0 bridgehead atoms. The second-order valence-corrected chi connectivity index (χ2v) is 8.32. The van der Waals surface area contributed by atoms with Crippen LogP contribution in [0.25, 0.3) is 0 Å². The number of carbonyl (C=O) groups excluding carboxylic acids is 2. The van der Waals surface area contributed by atoms with E-state index in [9.17, 15) is 18.0 Å². The summed E-state index contributed by atoms with van der Waals surface area (Å²) in [6, 6.07) is 9.51. The standard InChI is InChI=1S/C17H19N5O5S/c1-20(2)28(25,26)21-10-15(23)22(16(24)11-21)17-18-8-14(9-19-17)27-12-13-6-4-3-5-7-13/h3-9H,10-12H2,1-2H3. The van der Waals surface area contributed by atoms with E-state index >= 15 is 0 Å². The van der Waals surface area contributed by atoms with Crippen molar-refractivity contribution < 1.29 is 22.7 Å². The molecular weight excluding hydrogens is 386 g/mol. The first-order valence-electron chi connectivity index (χ1n) is 8.31. The Morgan fingerprint density at radius 3 is 2.14 bits per heavy atom. The van der Waals surface area contributed by atoms with Crippen LogP contribution in [-0.4, -0.2) is 66.0 Å². The van der Waals surface area contributed by atoms with Crippen molar-refractivity contribution in [2.75, 3.05) is 32.1 Å². The Morgan fingerprint density at radius 2 is 1.61 bits per heavy atom. The Balaban J connectivity index is 1.68. The highest BCUT2D eigenvalue weighted by atomic mass is 32.2. The highest BCUT2D eigenvalue weighted by Crippen LogP contribution is 2.18. The van der Waals surface area contributed by atoms with E-state index in [1.54, 1.807) is 0 Å². The van der Waals surface area contributed by atoms with Gasteiger partial charge in [-0.2, -0.15) is 17.0 Å². The van der Waals surface area contributed by atoms with Gasteiger partial charge in [0.25, 0.3) is 22.0 Å². The average molecular weight is 405 g/mol. The van der Waals surface area contributed by atoms with Gasteiger partial charge in [-0.15, -0.1) is 0 Å². The van der Waals surface area contributed by atoms with E-state index < -0.39 is 35.1 Å². The summed E-state index contributed by atoms with van der Waals surface area (Å²) >= 11 is 0. The van der Waals surface area contributed by atoms with Crippen LogP contribution in [0.3, 0.4) is 0 Å². The van der Waals surface area contributed by atoms with Crippen molar-refractivity contribution in [1.29, 1.82) is 0 Å². The third-order valence-corrected chi connectivity index (χ3v) is 5.81. The molecule has 1 saturated heterocycles.